The first-order valence-corrected chi connectivity index (χ1v) is 11.1. The van der Waals surface area contributed by atoms with Gasteiger partial charge in [0.1, 0.15) is 0 Å². The Labute approximate surface area is 181 Å². The molecular weight excluding hydrogens is 414 g/mol. The molecule has 2 amide bonds. The van der Waals surface area contributed by atoms with Gasteiger partial charge in [0, 0.05) is 31.3 Å². The molecule has 0 atom stereocenters. The van der Waals surface area contributed by atoms with Crippen LogP contribution in [0.1, 0.15) is 17.3 Å². The predicted molar refractivity (Wildman–Crippen MR) is 120 cm³/mol. The van der Waals surface area contributed by atoms with E-state index in [1.807, 2.05) is 30.3 Å². The molecule has 0 spiro atoms. The standard InChI is InChI=1S/C23H23N3O4S/c1-17(27)26-21-11-7-20(8-12-21)23(28)24-15-16-25-31(29,30)22-13-9-19(10-14-22)18-5-3-2-4-6-18/h2-14,25H,15-16H2,1H3,(H,24,28)(H,26,27). The molecule has 0 saturated heterocycles. The lowest BCUT2D eigenvalue weighted by molar-refractivity contribution is -0.114. The molecule has 0 aliphatic carbocycles. The summed E-state index contributed by atoms with van der Waals surface area (Å²) in [5.41, 5.74) is 2.94. The number of anilines is 1. The maximum atomic E-state index is 12.5. The van der Waals surface area contributed by atoms with Crippen LogP contribution in [-0.2, 0) is 14.8 Å². The van der Waals surface area contributed by atoms with Gasteiger partial charge in [0.2, 0.25) is 15.9 Å². The molecule has 0 radical (unpaired) electrons. The minimum Gasteiger partial charge on any atom is -0.351 e. The quantitative estimate of drug-likeness (QED) is 0.471. The van der Waals surface area contributed by atoms with Crippen molar-refractivity contribution in [1.82, 2.24) is 10.0 Å². The normalized spacial score (nSPS) is 11.0. The van der Waals surface area contributed by atoms with Gasteiger partial charge in [-0.15, -0.1) is 0 Å². The van der Waals surface area contributed by atoms with E-state index in [9.17, 15) is 18.0 Å². The molecule has 0 bridgehead atoms. The van der Waals surface area contributed by atoms with Crippen molar-refractivity contribution in [2.45, 2.75) is 11.8 Å². The minimum atomic E-state index is -3.68. The zero-order chi connectivity index (χ0) is 22.3. The highest BCUT2D eigenvalue weighted by Gasteiger charge is 2.14. The van der Waals surface area contributed by atoms with Crippen molar-refractivity contribution >= 4 is 27.5 Å². The van der Waals surface area contributed by atoms with Crippen LogP contribution in [0.2, 0.25) is 0 Å². The Balaban J connectivity index is 1.50. The van der Waals surface area contributed by atoms with Crippen LogP contribution in [0.4, 0.5) is 5.69 Å². The number of amides is 2. The SMILES string of the molecule is CC(=O)Nc1ccc(C(=O)NCCNS(=O)(=O)c2ccc(-c3ccccc3)cc2)cc1. The molecule has 0 unspecified atom stereocenters. The Hall–Kier alpha value is -3.49. The van der Waals surface area contributed by atoms with Gasteiger partial charge < -0.3 is 10.6 Å². The summed E-state index contributed by atoms with van der Waals surface area (Å²) >= 11 is 0. The molecular formula is C23H23N3O4S. The van der Waals surface area contributed by atoms with E-state index in [1.165, 1.54) is 6.92 Å². The molecule has 8 heteroatoms. The Morgan fingerprint density at radius 2 is 1.39 bits per heavy atom. The van der Waals surface area contributed by atoms with Crippen molar-refractivity contribution in [3.8, 4) is 11.1 Å². The van der Waals surface area contributed by atoms with Crippen LogP contribution >= 0.6 is 0 Å². The monoisotopic (exact) mass is 437 g/mol. The average molecular weight is 438 g/mol. The molecule has 3 aromatic rings. The molecule has 7 nitrogen and oxygen atoms in total. The van der Waals surface area contributed by atoms with E-state index in [1.54, 1.807) is 48.5 Å². The summed E-state index contributed by atoms with van der Waals surface area (Å²) in [7, 11) is -3.68. The van der Waals surface area contributed by atoms with Crippen molar-refractivity contribution in [3.05, 3.63) is 84.4 Å². The minimum absolute atomic E-state index is 0.0541. The average Bonchev–Trinajstić information content (AvgIpc) is 2.77. The topological polar surface area (TPSA) is 104 Å². The summed E-state index contributed by atoms with van der Waals surface area (Å²) in [6.07, 6.45) is 0. The van der Waals surface area contributed by atoms with Gasteiger partial charge in [-0.05, 0) is 47.5 Å². The van der Waals surface area contributed by atoms with E-state index >= 15 is 0 Å². The summed E-state index contributed by atoms with van der Waals surface area (Å²) in [5, 5.41) is 5.28. The zero-order valence-corrected chi connectivity index (χ0v) is 17.8. The van der Waals surface area contributed by atoms with Gasteiger partial charge in [-0.3, -0.25) is 9.59 Å². The first kappa shape index (κ1) is 22.2. The van der Waals surface area contributed by atoms with Gasteiger partial charge in [0.25, 0.3) is 5.91 Å². The first-order chi connectivity index (χ1) is 14.8. The summed E-state index contributed by atoms with van der Waals surface area (Å²) in [6, 6.07) is 22.7. The Morgan fingerprint density at radius 3 is 2.00 bits per heavy atom. The van der Waals surface area contributed by atoms with Crippen molar-refractivity contribution < 1.29 is 18.0 Å². The predicted octanol–water partition coefficient (Wildman–Crippen LogP) is 3.02. The van der Waals surface area contributed by atoms with Crippen molar-refractivity contribution in [2.75, 3.05) is 18.4 Å². The van der Waals surface area contributed by atoms with Crippen molar-refractivity contribution in [3.63, 3.8) is 0 Å². The number of hydrogen-bond acceptors (Lipinski definition) is 4. The molecule has 3 aromatic carbocycles. The van der Waals surface area contributed by atoms with Crippen LogP contribution in [-0.4, -0.2) is 33.3 Å². The van der Waals surface area contributed by atoms with Crippen LogP contribution in [0.5, 0.6) is 0 Å². The third-order valence-corrected chi connectivity index (χ3v) is 5.92. The lowest BCUT2D eigenvalue weighted by Crippen LogP contribution is -2.34. The van der Waals surface area contributed by atoms with Crippen molar-refractivity contribution in [1.29, 1.82) is 0 Å². The summed E-state index contributed by atoms with van der Waals surface area (Å²) in [6.45, 7) is 1.59. The highest BCUT2D eigenvalue weighted by Crippen LogP contribution is 2.20. The maximum absolute atomic E-state index is 12.5. The fourth-order valence-corrected chi connectivity index (χ4v) is 3.94. The Bertz CT molecular complexity index is 1140. The fraction of sp³-hybridized carbons (Fsp3) is 0.130. The van der Waals surface area contributed by atoms with Crippen molar-refractivity contribution in [2.24, 2.45) is 0 Å². The largest absolute Gasteiger partial charge is 0.351 e. The van der Waals surface area contributed by atoms with Gasteiger partial charge in [-0.1, -0.05) is 42.5 Å². The maximum Gasteiger partial charge on any atom is 0.251 e. The number of benzene rings is 3. The third-order valence-electron chi connectivity index (χ3n) is 4.44. The highest BCUT2D eigenvalue weighted by molar-refractivity contribution is 7.89. The van der Waals surface area contributed by atoms with Crippen LogP contribution in [0.3, 0.4) is 0 Å². The molecule has 0 fully saturated rings. The number of carbonyl (C=O) groups excluding carboxylic acids is 2. The van der Waals surface area contributed by atoms with Crippen LogP contribution in [0.25, 0.3) is 11.1 Å². The molecule has 0 saturated carbocycles. The van der Waals surface area contributed by atoms with E-state index < -0.39 is 10.0 Å². The number of rotatable bonds is 8. The van der Waals surface area contributed by atoms with Gasteiger partial charge in [0.15, 0.2) is 0 Å². The highest BCUT2D eigenvalue weighted by atomic mass is 32.2. The Kier molecular flexibility index (Phi) is 7.17. The zero-order valence-electron chi connectivity index (χ0n) is 17.0. The van der Waals surface area contributed by atoms with Gasteiger partial charge >= 0.3 is 0 Å². The summed E-state index contributed by atoms with van der Waals surface area (Å²) in [5.74, 6) is -0.528. The molecule has 3 rings (SSSR count). The van der Waals surface area contributed by atoms with Gasteiger partial charge in [0.05, 0.1) is 4.90 Å². The fourth-order valence-electron chi connectivity index (χ4n) is 2.91. The van der Waals surface area contributed by atoms with Crippen LogP contribution in [0, 0.1) is 0 Å². The molecule has 160 valence electrons. The number of sulfonamides is 1. The van der Waals surface area contributed by atoms with Gasteiger partial charge in [-0.2, -0.15) is 0 Å². The van der Waals surface area contributed by atoms with E-state index in [0.29, 0.717) is 11.3 Å². The third kappa shape index (κ3) is 6.24. The van der Waals surface area contributed by atoms with E-state index in [2.05, 4.69) is 15.4 Å². The Morgan fingerprint density at radius 1 is 0.774 bits per heavy atom. The smallest absolute Gasteiger partial charge is 0.251 e. The molecule has 0 aromatic heterocycles. The molecule has 31 heavy (non-hydrogen) atoms. The van der Waals surface area contributed by atoms with Gasteiger partial charge in [-0.25, -0.2) is 13.1 Å². The first-order valence-electron chi connectivity index (χ1n) is 9.66. The van der Waals surface area contributed by atoms with E-state index in [0.717, 1.165) is 11.1 Å². The molecule has 0 aliphatic rings. The lowest BCUT2D eigenvalue weighted by atomic mass is 10.1. The van der Waals surface area contributed by atoms with E-state index in [-0.39, 0.29) is 29.8 Å². The summed E-state index contributed by atoms with van der Waals surface area (Å²) in [4.78, 5) is 23.4. The second-order valence-corrected chi connectivity index (χ2v) is 8.57. The summed E-state index contributed by atoms with van der Waals surface area (Å²) < 4.78 is 27.4. The number of nitrogens with one attached hydrogen (secondary N) is 3. The van der Waals surface area contributed by atoms with Crippen LogP contribution < -0.4 is 15.4 Å². The van der Waals surface area contributed by atoms with E-state index in [4.69, 9.17) is 0 Å². The molecule has 3 N–H and O–H groups in total. The van der Waals surface area contributed by atoms with Crippen LogP contribution in [0.15, 0.2) is 83.8 Å². The second-order valence-electron chi connectivity index (χ2n) is 6.80. The molecule has 0 aliphatic heterocycles. The number of carbonyl (C=O) groups is 2. The number of hydrogen-bond donors (Lipinski definition) is 3. The second kappa shape index (κ2) is 10.0. The lowest BCUT2D eigenvalue weighted by Gasteiger charge is -2.09. The molecule has 0 heterocycles.